The van der Waals surface area contributed by atoms with Crippen LogP contribution in [0.1, 0.15) is 38.7 Å². The third-order valence-corrected chi connectivity index (χ3v) is 5.69. The number of carboxylic acids is 1. The zero-order chi connectivity index (χ0) is 24.7. The second-order valence-corrected chi connectivity index (χ2v) is 8.19. The Morgan fingerprint density at radius 2 is 1.44 bits per heavy atom. The lowest BCUT2D eigenvalue weighted by molar-refractivity contribution is -0.143. The molecule has 0 aliphatic heterocycles. The molecule has 7 heteroatoms. The van der Waals surface area contributed by atoms with Gasteiger partial charge in [0.25, 0.3) is 11.8 Å². The first-order valence-corrected chi connectivity index (χ1v) is 10.9. The summed E-state index contributed by atoms with van der Waals surface area (Å²) in [6.45, 7) is 3.89. The molecule has 0 aromatic heterocycles. The summed E-state index contributed by atoms with van der Waals surface area (Å²) in [6.07, 6.45) is -1.65. The standard InChI is InChI=1S/C27H28N2O5/c1-17-13-14-19(15-18(17)2)16-22(27(33)34)28-26(32)24(30)23(20-9-5-3-6-10-20)29-25(31)21-11-7-4-8-12-21/h3-15,22-24,30H,16H2,1-2H3,(H,28,32)(H,29,31)(H,33,34)/t22-,23-,24+/m0/s1. The van der Waals surface area contributed by atoms with Crippen molar-refractivity contribution in [2.24, 2.45) is 0 Å². The average Bonchev–Trinajstić information content (AvgIpc) is 2.84. The number of aliphatic carboxylic acids is 1. The van der Waals surface area contributed by atoms with Gasteiger partial charge in [-0.25, -0.2) is 4.79 Å². The van der Waals surface area contributed by atoms with Crippen molar-refractivity contribution >= 4 is 17.8 Å². The van der Waals surface area contributed by atoms with Gasteiger partial charge in [-0.3, -0.25) is 9.59 Å². The van der Waals surface area contributed by atoms with E-state index in [1.54, 1.807) is 60.7 Å². The summed E-state index contributed by atoms with van der Waals surface area (Å²) in [4.78, 5) is 37.5. The van der Waals surface area contributed by atoms with Gasteiger partial charge in [-0.2, -0.15) is 0 Å². The van der Waals surface area contributed by atoms with Crippen LogP contribution in [0.25, 0.3) is 0 Å². The summed E-state index contributed by atoms with van der Waals surface area (Å²) in [5.41, 5.74) is 3.72. The number of carboxylic acid groups (broad SMARTS) is 1. The van der Waals surface area contributed by atoms with Gasteiger partial charge in [0.1, 0.15) is 6.04 Å². The Bertz CT molecular complexity index is 1150. The maximum absolute atomic E-state index is 12.9. The fourth-order valence-electron chi connectivity index (χ4n) is 3.59. The highest BCUT2D eigenvalue weighted by Gasteiger charge is 2.32. The monoisotopic (exact) mass is 460 g/mol. The molecule has 4 N–H and O–H groups in total. The second-order valence-electron chi connectivity index (χ2n) is 8.19. The topological polar surface area (TPSA) is 116 Å². The second kappa shape index (κ2) is 11.2. The van der Waals surface area contributed by atoms with Crippen LogP contribution in [-0.4, -0.2) is 40.1 Å². The predicted molar refractivity (Wildman–Crippen MR) is 128 cm³/mol. The van der Waals surface area contributed by atoms with Gasteiger partial charge in [0.05, 0.1) is 6.04 Å². The molecule has 0 spiro atoms. The van der Waals surface area contributed by atoms with Crippen LogP contribution in [0, 0.1) is 13.8 Å². The van der Waals surface area contributed by atoms with E-state index in [1.165, 1.54) is 0 Å². The summed E-state index contributed by atoms with van der Waals surface area (Å²) in [5, 5.41) is 25.7. The van der Waals surface area contributed by atoms with Gasteiger partial charge in [0.2, 0.25) is 0 Å². The van der Waals surface area contributed by atoms with Crippen LogP contribution in [0.3, 0.4) is 0 Å². The highest BCUT2D eigenvalue weighted by atomic mass is 16.4. The third-order valence-electron chi connectivity index (χ3n) is 5.69. The minimum absolute atomic E-state index is 0.0568. The Morgan fingerprint density at radius 3 is 2.03 bits per heavy atom. The van der Waals surface area contributed by atoms with E-state index in [4.69, 9.17) is 0 Å². The maximum atomic E-state index is 12.9. The molecule has 34 heavy (non-hydrogen) atoms. The van der Waals surface area contributed by atoms with Crippen molar-refractivity contribution in [3.8, 4) is 0 Å². The molecule has 7 nitrogen and oxygen atoms in total. The van der Waals surface area contributed by atoms with Crippen LogP contribution >= 0.6 is 0 Å². The van der Waals surface area contributed by atoms with E-state index < -0.39 is 36.0 Å². The normalized spacial score (nSPS) is 13.4. The van der Waals surface area contributed by atoms with E-state index in [9.17, 15) is 24.6 Å². The van der Waals surface area contributed by atoms with Crippen LogP contribution in [-0.2, 0) is 16.0 Å². The van der Waals surface area contributed by atoms with E-state index in [-0.39, 0.29) is 6.42 Å². The van der Waals surface area contributed by atoms with Crippen molar-refractivity contribution < 1.29 is 24.6 Å². The van der Waals surface area contributed by atoms with Crippen molar-refractivity contribution in [2.75, 3.05) is 0 Å². The molecule has 0 radical (unpaired) electrons. The number of aliphatic hydroxyl groups is 1. The fraction of sp³-hybridized carbons (Fsp3) is 0.222. The van der Waals surface area contributed by atoms with Crippen LogP contribution in [0.15, 0.2) is 78.9 Å². The molecule has 3 aromatic carbocycles. The molecule has 3 aromatic rings. The van der Waals surface area contributed by atoms with Crippen molar-refractivity contribution in [1.29, 1.82) is 0 Å². The first kappa shape index (κ1) is 24.7. The Hall–Kier alpha value is -3.97. The number of benzene rings is 3. The van der Waals surface area contributed by atoms with Gasteiger partial charge in [0.15, 0.2) is 6.10 Å². The lowest BCUT2D eigenvalue weighted by Gasteiger charge is -2.25. The Balaban J connectivity index is 1.79. The zero-order valence-electron chi connectivity index (χ0n) is 19.1. The van der Waals surface area contributed by atoms with Gasteiger partial charge in [0, 0.05) is 12.0 Å². The largest absolute Gasteiger partial charge is 0.480 e. The van der Waals surface area contributed by atoms with E-state index in [1.807, 2.05) is 32.0 Å². The average molecular weight is 461 g/mol. The Kier molecular flexibility index (Phi) is 8.16. The molecule has 0 aliphatic rings. The number of carbonyl (C=O) groups is 3. The molecule has 0 unspecified atom stereocenters. The molecule has 2 amide bonds. The summed E-state index contributed by atoms with van der Waals surface area (Å²) in [7, 11) is 0. The molecule has 0 heterocycles. The molecule has 0 bridgehead atoms. The first-order chi connectivity index (χ1) is 16.3. The third kappa shape index (κ3) is 6.30. The lowest BCUT2D eigenvalue weighted by Crippen LogP contribution is -2.50. The summed E-state index contributed by atoms with van der Waals surface area (Å²) in [6, 6.07) is 20.3. The molecular formula is C27H28N2O5. The molecule has 3 rings (SSSR count). The smallest absolute Gasteiger partial charge is 0.326 e. The number of aliphatic hydroxyl groups excluding tert-OH is 1. The number of nitrogens with one attached hydrogen (secondary N) is 2. The number of hydrogen-bond donors (Lipinski definition) is 4. The number of amides is 2. The molecule has 176 valence electrons. The molecule has 0 aliphatic carbocycles. The number of carbonyl (C=O) groups excluding carboxylic acids is 2. The highest BCUT2D eigenvalue weighted by Crippen LogP contribution is 2.19. The molecular weight excluding hydrogens is 432 g/mol. The quantitative estimate of drug-likeness (QED) is 0.392. The minimum atomic E-state index is -1.71. The SMILES string of the molecule is Cc1ccc(C[C@H](NC(=O)[C@H](O)[C@@H](NC(=O)c2ccccc2)c2ccccc2)C(=O)O)cc1C. The van der Waals surface area contributed by atoms with Crippen LogP contribution < -0.4 is 10.6 Å². The lowest BCUT2D eigenvalue weighted by atomic mass is 9.98. The van der Waals surface area contributed by atoms with Gasteiger partial charge < -0.3 is 20.8 Å². The molecule has 0 fully saturated rings. The van der Waals surface area contributed by atoms with Gasteiger partial charge >= 0.3 is 5.97 Å². The van der Waals surface area contributed by atoms with Crippen LogP contribution in [0.5, 0.6) is 0 Å². The summed E-state index contributed by atoms with van der Waals surface area (Å²) < 4.78 is 0. The summed E-state index contributed by atoms with van der Waals surface area (Å²) in [5.74, 6) is -2.58. The van der Waals surface area contributed by atoms with E-state index in [0.717, 1.165) is 16.7 Å². The Morgan fingerprint density at radius 1 is 0.824 bits per heavy atom. The van der Waals surface area contributed by atoms with Crippen molar-refractivity contribution in [3.05, 3.63) is 107 Å². The van der Waals surface area contributed by atoms with Gasteiger partial charge in [-0.05, 0) is 48.2 Å². The minimum Gasteiger partial charge on any atom is -0.480 e. The van der Waals surface area contributed by atoms with Crippen LogP contribution in [0.4, 0.5) is 0 Å². The van der Waals surface area contributed by atoms with Crippen molar-refractivity contribution in [1.82, 2.24) is 10.6 Å². The predicted octanol–water partition coefficient (Wildman–Crippen LogP) is 2.95. The van der Waals surface area contributed by atoms with Crippen molar-refractivity contribution in [3.63, 3.8) is 0 Å². The van der Waals surface area contributed by atoms with Gasteiger partial charge in [-0.15, -0.1) is 0 Å². The summed E-state index contributed by atoms with van der Waals surface area (Å²) >= 11 is 0. The molecule has 3 atom stereocenters. The first-order valence-electron chi connectivity index (χ1n) is 10.9. The van der Waals surface area contributed by atoms with Crippen molar-refractivity contribution in [2.45, 2.75) is 38.5 Å². The number of aryl methyl sites for hydroxylation is 2. The molecule has 0 saturated heterocycles. The zero-order valence-corrected chi connectivity index (χ0v) is 19.1. The number of hydrogen-bond acceptors (Lipinski definition) is 4. The number of rotatable bonds is 9. The van der Waals surface area contributed by atoms with Crippen LogP contribution in [0.2, 0.25) is 0 Å². The molecule has 0 saturated carbocycles. The van der Waals surface area contributed by atoms with E-state index in [2.05, 4.69) is 10.6 Å². The maximum Gasteiger partial charge on any atom is 0.326 e. The highest BCUT2D eigenvalue weighted by molar-refractivity contribution is 5.95. The fourth-order valence-corrected chi connectivity index (χ4v) is 3.59. The van der Waals surface area contributed by atoms with E-state index >= 15 is 0 Å². The Labute approximate surface area is 198 Å². The van der Waals surface area contributed by atoms with Gasteiger partial charge in [-0.1, -0.05) is 66.7 Å². The van der Waals surface area contributed by atoms with E-state index in [0.29, 0.717) is 11.1 Å².